The van der Waals surface area contributed by atoms with Crippen molar-refractivity contribution in [3.63, 3.8) is 0 Å². The number of rotatable bonds is 4. The van der Waals surface area contributed by atoms with Gasteiger partial charge in [0, 0.05) is 6.07 Å². The van der Waals surface area contributed by atoms with Gasteiger partial charge < -0.3 is 20.3 Å². The van der Waals surface area contributed by atoms with Crippen LogP contribution in [0.15, 0.2) is 6.07 Å². The van der Waals surface area contributed by atoms with Gasteiger partial charge in [0.2, 0.25) is 0 Å². The number of benzene rings is 1. The molecule has 0 radical (unpaired) electrons. The fourth-order valence-corrected chi connectivity index (χ4v) is 1.59. The van der Waals surface area contributed by atoms with Crippen molar-refractivity contribution in [2.75, 3.05) is 20.8 Å². The van der Waals surface area contributed by atoms with Crippen molar-refractivity contribution in [3.8, 4) is 11.5 Å². The minimum atomic E-state index is -0.914. The van der Waals surface area contributed by atoms with Crippen LogP contribution in [0.5, 0.6) is 11.5 Å². The fraction of sp³-hybridized carbons (Fsp3) is 0.400. The minimum absolute atomic E-state index is 0.00866. The summed E-state index contributed by atoms with van der Waals surface area (Å²) in [6.07, 6.45) is 0. The molecule has 0 aliphatic rings. The summed E-state index contributed by atoms with van der Waals surface area (Å²) in [5, 5.41) is 8.83. The predicted molar refractivity (Wildman–Crippen MR) is 58.5 cm³/mol. The number of aliphatic hydroxyl groups excluding tert-OH is 1. The summed E-state index contributed by atoms with van der Waals surface area (Å²) < 4.78 is 23.7. The van der Waals surface area contributed by atoms with E-state index in [-0.39, 0.29) is 22.1 Å². The van der Waals surface area contributed by atoms with Gasteiger partial charge in [-0.1, -0.05) is 11.6 Å². The van der Waals surface area contributed by atoms with Crippen molar-refractivity contribution in [1.29, 1.82) is 0 Å². The van der Waals surface area contributed by atoms with E-state index in [4.69, 9.17) is 31.9 Å². The highest BCUT2D eigenvalue weighted by atomic mass is 35.5. The minimum Gasteiger partial charge on any atom is -0.493 e. The molecule has 0 saturated carbocycles. The van der Waals surface area contributed by atoms with Crippen LogP contribution in [0.4, 0.5) is 4.39 Å². The van der Waals surface area contributed by atoms with E-state index in [1.165, 1.54) is 20.3 Å². The van der Waals surface area contributed by atoms with E-state index in [2.05, 4.69) is 0 Å². The third-order valence-electron chi connectivity index (χ3n) is 2.16. The zero-order valence-corrected chi connectivity index (χ0v) is 9.71. The molecule has 1 aromatic rings. The van der Waals surface area contributed by atoms with Crippen LogP contribution in [0.1, 0.15) is 11.6 Å². The summed E-state index contributed by atoms with van der Waals surface area (Å²) in [5.74, 6) is -0.292. The van der Waals surface area contributed by atoms with Crippen molar-refractivity contribution in [2.24, 2.45) is 5.73 Å². The molecule has 0 spiro atoms. The number of aliphatic hydroxyl groups is 1. The molecule has 6 heteroatoms. The Morgan fingerprint density at radius 3 is 2.56 bits per heavy atom. The van der Waals surface area contributed by atoms with Gasteiger partial charge >= 0.3 is 0 Å². The molecule has 16 heavy (non-hydrogen) atoms. The van der Waals surface area contributed by atoms with Crippen LogP contribution in [0.3, 0.4) is 0 Å². The summed E-state index contributed by atoms with van der Waals surface area (Å²) in [4.78, 5) is 0. The smallest absolute Gasteiger partial charge is 0.168 e. The van der Waals surface area contributed by atoms with Crippen LogP contribution in [0, 0.1) is 5.82 Å². The zero-order valence-electron chi connectivity index (χ0n) is 8.96. The first-order chi connectivity index (χ1) is 7.56. The average Bonchev–Trinajstić information content (AvgIpc) is 2.30. The molecule has 1 unspecified atom stereocenters. The lowest BCUT2D eigenvalue weighted by Crippen LogP contribution is -2.18. The van der Waals surface area contributed by atoms with E-state index >= 15 is 0 Å². The third kappa shape index (κ3) is 2.21. The molecular weight excluding hydrogens is 237 g/mol. The van der Waals surface area contributed by atoms with Crippen molar-refractivity contribution in [2.45, 2.75) is 6.04 Å². The second-order valence-electron chi connectivity index (χ2n) is 3.11. The molecule has 0 bridgehead atoms. The van der Waals surface area contributed by atoms with Crippen LogP contribution in [0.25, 0.3) is 0 Å². The normalized spacial score (nSPS) is 12.4. The van der Waals surface area contributed by atoms with Crippen LogP contribution < -0.4 is 15.2 Å². The molecule has 0 amide bonds. The highest BCUT2D eigenvalue weighted by Crippen LogP contribution is 2.39. The number of nitrogens with two attached hydrogens (primary N) is 1. The second-order valence-corrected chi connectivity index (χ2v) is 3.52. The Bertz CT molecular complexity index is 387. The monoisotopic (exact) mass is 249 g/mol. The number of hydrogen-bond donors (Lipinski definition) is 2. The van der Waals surface area contributed by atoms with Gasteiger partial charge in [-0.25, -0.2) is 4.39 Å². The Kier molecular flexibility index (Phi) is 4.35. The quantitative estimate of drug-likeness (QED) is 0.849. The summed E-state index contributed by atoms with van der Waals surface area (Å²) in [6.45, 7) is -0.420. The Morgan fingerprint density at radius 2 is 2.12 bits per heavy atom. The van der Waals surface area contributed by atoms with Crippen LogP contribution in [-0.2, 0) is 0 Å². The van der Waals surface area contributed by atoms with Gasteiger partial charge in [-0.3, -0.25) is 0 Å². The second kappa shape index (κ2) is 5.34. The van der Waals surface area contributed by atoms with Crippen molar-refractivity contribution >= 4 is 11.6 Å². The Morgan fingerprint density at radius 1 is 1.50 bits per heavy atom. The van der Waals surface area contributed by atoms with Gasteiger partial charge in [0.05, 0.1) is 37.5 Å². The lowest BCUT2D eigenvalue weighted by atomic mass is 10.1. The Balaban J connectivity index is 3.46. The third-order valence-corrected chi connectivity index (χ3v) is 2.44. The van der Waals surface area contributed by atoms with Gasteiger partial charge in [-0.05, 0) is 0 Å². The van der Waals surface area contributed by atoms with Crippen molar-refractivity contribution < 1.29 is 19.0 Å². The highest BCUT2D eigenvalue weighted by molar-refractivity contribution is 6.31. The maximum Gasteiger partial charge on any atom is 0.168 e. The molecule has 0 saturated heterocycles. The molecule has 0 fully saturated rings. The maximum absolute atomic E-state index is 13.7. The van der Waals surface area contributed by atoms with E-state index < -0.39 is 18.5 Å². The number of hydrogen-bond acceptors (Lipinski definition) is 4. The molecule has 0 aliphatic heterocycles. The molecule has 1 aromatic carbocycles. The maximum atomic E-state index is 13.7. The van der Waals surface area contributed by atoms with Crippen molar-refractivity contribution in [3.05, 3.63) is 22.5 Å². The largest absolute Gasteiger partial charge is 0.493 e. The van der Waals surface area contributed by atoms with Gasteiger partial charge in [-0.2, -0.15) is 0 Å². The van der Waals surface area contributed by atoms with Crippen LogP contribution in [0.2, 0.25) is 5.02 Å². The lowest BCUT2D eigenvalue weighted by molar-refractivity contribution is 0.259. The summed E-state index contributed by atoms with van der Waals surface area (Å²) in [7, 11) is 2.76. The van der Waals surface area contributed by atoms with Crippen LogP contribution >= 0.6 is 11.6 Å². The summed E-state index contributed by atoms with van der Waals surface area (Å²) >= 11 is 5.68. The first-order valence-corrected chi connectivity index (χ1v) is 4.90. The van der Waals surface area contributed by atoms with E-state index in [1.807, 2.05) is 0 Å². The van der Waals surface area contributed by atoms with Crippen LogP contribution in [-0.4, -0.2) is 25.9 Å². The van der Waals surface area contributed by atoms with Gasteiger partial charge in [-0.15, -0.1) is 0 Å². The van der Waals surface area contributed by atoms with E-state index in [1.54, 1.807) is 0 Å². The molecule has 1 rings (SSSR count). The highest BCUT2D eigenvalue weighted by Gasteiger charge is 2.23. The first-order valence-electron chi connectivity index (χ1n) is 4.53. The molecular formula is C10H13ClFNO3. The number of halogens is 2. The predicted octanol–water partition coefficient (Wildman–Crippen LogP) is 1.49. The molecule has 3 N–H and O–H groups in total. The Labute approximate surface area is 97.7 Å². The standard InChI is InChI=1S/C10H13ClFNO3/c1-15-7-3-5(11)9(12)8(6(13)4-14)10(7)16-2/h3,6,14H,4,13H2,1-2H3. The SMILES string of the molecule is COc1cc(Cl)c(F)c(C(N)CO)c1OC. The number of methoxy groups -OCH3 is 2. The van der Waals surface area contributed by atoms with Gasteiger partial charge in [0.25, 0.3) is 0 Å². The summed E-state index contributed by atoms with van der Waals surface area (Å²) in [5.41, 5.74) is 5.59. The topological polar surface area (TPSA) is 64.7 Å². The molecule has 90 valence electrons. The van der Waals surface area contributed by atoms with Crippen molar-refractivity contribution in [1.82, 2.24) is 0 Å². The number of ether oxygens (including phenoxy) is 2. The molecule has 4 nitrogen and oxygen atoms in total. The molecule has 0 heterocycles. The van der Waals surface area contributed by atoms with Gasteiger partial charge in [0.15, 0.2) is 17.3 Å². The van der Waals surface area contributed by atoms with E-state index in [0.29, 0.717) is 0 Å². The molecule has 1 atom stereocenters. The summed E-state index contributed by atoms with van der Waals surface area (Å²) in [6, 6.07) is 0.381. The first kappa shape index (κ1) is 13.0. The fourth-order valence-electron chi connectivity index (χ4n) is 1.39. The average molecular weight is 250 g/mol. The lowest BCUT2D eigenvalue weighted by Gasteiger charge is -2.18. The zero-order chi connectivity index (χ0) is 12.3. The van der Waals surface area contributed by atoms with E-state index in [0.717, 1.165) is 0 Å². The van der Waals surface area contributed by atoms with E-state index in [9.17, 15) is 4.39 Å². The molecule has 0 aliphatic carbocycles. The van der Waals surface area contributed by atoms with Gasteiger partial charge in [0.1, 0.15) is 0 Å². The Hall–Kier alpha value is -1.04. The molecule has 0 aromatic heterocycles.